The summed E-state index contributed by atoms with van der Waals surface area (Å²) in [5, 5.41) is 0. The van der Waals surface area contributed by atoms with Gasteiger partial charge in [-0.15, -0.1) is 0 Å². The van der Waals surface area contributed by atoms with Crippen molar-refractivity contribution >= 4 is 0 Å². The Morgan fingerprint density at radius 2 is 2.18 bits per heavy atom. The van der Waals surface area contributed by atoms with Crippen molar-refractivity contribution in [2.45, 2.75) is 33.1 Å². The highest BCUT2D eigenvalue weighted by Gasteiger charge is 2.22. The number of allylic oxidation sites excluding steroid dienone is 4. The van der Waals surface area contributed by atoms with Crippen LogP contribution in [0.15, 0.2) is 23.3 Å². The van der Waals surface area contributed by atoms with E-state index < -0.39 is 0 Å². The van der Waals surface area contributed by atoms with Crippen molar-refractivity contribution in [1.29, 1.82) is 0 Å². The molecule has 0 saturated carbocycles. The van der Waals surface area contributed by atoms with Crippen LogP contribution in [0.2, 0.25) is 0 Å². The Kier molecular flexibility index (Phi) is 1.63. The minimum Gasteiger partial charge on any atom is -0.0731 e. The minimum atomic E-state index is 0.907. The van der Waals surface area contributed by atoms with Gasteiger partial charge in [0.15, 0.2) is 0 Å². The molecule has 0 bridgehead atoms. The van der Waals surface area contributed by atoms with Gasteiger partial charge in [-0.1, -0.05) is 31.6 Å². The Balaban J connectivity index is 2.23. The zero-order valence-corrected chi connectivity index (χ0v) is 7.35. The van der Waals surface area contributed by atoms with Crippen LogP contribution in [-0.2, 0) is 0 Å². The van der Waals surface area contributed by atoms with Gasteiger partial charge in [-0.3, -0.25) is 0 Å². The van der Waals surface area contributed by atoms with Crippen molar-refractivity contribution in [1.82, 2.24) is 0 Å². The summed E-state index contributed by atoms with van der Waals surface area (Å²) in [6.07, 6.45) is 8.58. The normalized spacial score (nSPS) is 31.3. The highest BCUT2D eigenvalue weighted by Crippen LogP contribution is 2.39. The third-order valence-corrected chi connectivity index (χ3v) is 2.85. The summed E-state index contributed by atoms with van der Waals surface area (Å²) in [5.74, 6) is 2.41. The third-order valence-electron chi connectivity index (χ3n) is 2.85. The molecule has 2 rings (SSSR count). The number of hydrogen-bond acceptors (Lipinski definition) is 0. The quantitative estimate of drug-likeness (QED) is 0.493. The molecule has 0 aromatic rings. The van der Waals surface area contributed by atoms with Crippen molar-refractivity contribution in [2.75, 3.05) is 0 Å². The summed E-state index contributed by atoms with van der Waals surface area (Å²) >= 11 is 0. The molecule has 0 amide bonds. The molecule has 0 aliphatic heterocycles. The van der Waals surface area contributed by atoms with Gasteiger partial charge in [0.25, 0.3) is 0 Å². The Labute approximate surface area is 69.0 Å². The molecule has 1 atom stereocenters. The van der Waals surface area contributed by atoms with E-state index >= 15 is 0 Å². The summed E-state index contributed by atoms with van der Waals surface area (Å²) in [7, 11) is 0. The largest absolute Gasteiger partial charge is 0.0731 e. The standard InChI is InChI=1S/C11H15/c1-8-3-6-11-9(2)4-5-10(11)7-8/h4-5,8H,3,6-7H2,1-2H3. The van der Waals surface area contributed by atoms with Crippen LogP contribution < -0.4 is 0 Å². The van der Waals surface area contributed by atoms with Gasteiger partial charge in [-0.05, 0) is 30.8 Å². The van der Waals surface area contributed by atoms with E-state index in [1.165, 1.54) is 25.2 Å². The van der Waals surface area contributed by atoms with E-state index in [0.717, 1.165) is 5.92 Å². The first-order chi connectivity index (χ1) is 5.27. The molecule has 0 saturated heterocycles. The van der Waals surface area contributed by atoms with Gasteiger partial charge >= 0.3 is 0 Å². The molecule has 0 aromatic carbocycles. The lowest BCUT2D eigenvalue weighted by atomic mass is 9.84. The van der Waals surface area contributed by atoms with Crippen molar-refractivity contribution in [3.05, 3.63) is 29.2 Å². The lowest BCUT2D eigenvalue weighted by molar-refractivity contribution is 0.504. The van der Waals surface area contributed by atoms with Crippen molar-refractivity contribution in [3.63, 3.8) is 0 Å². The molecule has 0 nitrogen and oxygen atoms in total. The van der Waals surface area contributed by atoms with Gasteiger partial charge in [0.2, 0.25) is 0 Å². The van der Waals surface area contributed by atoms with Crippen molar-refractivity contribution in [2.24, 2.45) is 5.92 Å². The maximum atomic E-state index is 2.35. The molecule has 0 fully saturated rings. The van der Waals surface area contributed by atoms with Crippen LogP contribution in [0, 0.1) is 11.8 Å². The predicted octanol–water partition coefficient (Wildman–Crippen LogP) is 3.27. The Morgan fingerprint density at radius 3 is 3.00 bits per heavy atom. The van der Waals surface area contributed by atoms with Crippen LogP contribution in [0.3, 0.4) is 0 Å². The van der Waals surface area contributed by atoms with E-state index in [2.05, 4.69) is 26.0 Å². The molecular weight excluding hydrogens is 132 g/mol. The number of rotatable bonds is 0. The highest BCUT2D eigenvalue weighted by molar-refractivity contribution is 5.49. The Bertz CT molecular complexity index is 220. The van der Waals surface area contributed by atoms with E-state index in [4.69, 9.17) is 0 Å². The molecule has 0 N–H and O–H groups in total. The van der Waals surface area contributed by atoms with Crippen molar-refractivity contribution in [3.8, 4) is 0 Å². The fourth-order valence-electron chi connectivity index (χ4n) is 2.10. The Morgan fingerprint density at radius 1 is 1.36 bits per heavy atom. The van der Waals surface area contributed by atoms with E-state index in [0.29, 0.717) is 0 Å². The van der Waals surface area contributed by atoms with Gasteiger partial charge in [0, 0.05) is 5.92 Å². The fraction of sp³-hybridized carbons (Fsp3) is 0.545. The maximum absolute atomic E-state index is 2.35. The molecule has 11 heavy (non-hydrogen) atoms. The molecular formula is C11H15. The van der Waals surface area contributed by atoms with Gasteiger partial charge in [0.1, 0.15) is 0 Å². The smallest absolute Gasteiger partial charge is 0.0197 e. The minimum absolute atomic E-state index is 0.907. The summed E-state index contributed by atoms with van der Waals surface area (Å²) in [4.78, 5) is 0. The maximum Gasteiger partial charge on any atom is 0.0197 e. The Hall–Kier alpha value is -0.520. The van der Waals surface area contributed by atoms with Gasteiger partial charge < -0.3 is 0 Å². The lowest BCUT2D eigenvalue weighted by Crippen LogP contribution is -2.06. The lowest BCUT2D eigenvalue weighted by Gasteiger charge is -2.21. The molecule has 0 heterocycles. The molecule has 0 aromatic heterocycles. The molecule has 1 radical (unpaired) electrons. The highest BCUT2D eigenvalue weighted by atomic mass is 14.3. The SMILES string of the molecule is C[C]1C=CC2=C1CCC(C)C2. The van der Waals surface area contributed by atoms with Crippen LogP contribution in [0.25, 0.3) is 0 Å². The third kappa shape index (κ3) is 1.15. The first-order valence-electron chi connectivity index (χ1n) is 4.51. The molecule has 0 spiro atoms. The van der Waals surface area contributed by atoms with Crippen LogP contribution in [0.5, 0.6) is 0 Å². The van der Waals surface area contributed by atoms with Gasteiger partial charge in [-0.25, -0.2) is 0 Å². The molecule has 2 aliphatic carbocycles. The second kappa shape index (κ2) is 2.51. The summed E-state index contributed by atoms with van der Waals surface area (Å²) in [5.41, 5.74) is 3.25. The predicted molar refractivity (Wildman–Crippen MR) is 48.1 cm³/mol. The second-order valence-electron chi connectivity index (χ2n) is 3.87. The second-order valence-corrected chi connectivity index (χ2v) is 3.87. The van der Waals surface area contributed by atoms with Crippen molar-refractivity contribution < 1.29 is 0 Å². The van der Waals surface area contributed by atoms with Crippen LogP contribution >= 0.6 is 0 Å². The molecule has 2 aliphatic rings. The number of hydrogen-bond donors (Lipinski definition) is 0. The average molecular weight is 147 g/mol. The van der Waals surface area contributed by atoms with Gasteiger partial charge in [-0.2, -0.15) is 0 Å². The molecule has 59 valence electrons. The monoisotopic (exact) mass is 147 g/mol. The van der Waals surface area contributed by atoms with E-state index in [9.17, 15) is 0 Å². The first kappa shape index (κ1) is 7.15. The molecule has 0 heteroatoms. The summed E-state index contributed by atoms with van der Waals surface area (Å²) in [6, 6.07) is 0. The average Bonchev–Trinajstić information content (AvgIpc) is 2.32. The summed E-state index contributed by atoms with van der Waals surface area (Å²) in [6.45, 7) is 4.58. The van der Waals surface area contributed by atoms with E-state index in [1.54, 1.807) is 11.1 Å². The fourth-order valence-corrected chi connectivity index (χ4v) is 2.10. The summed E-state index contributed by atoms with van der Waals surface area (Å²) < 4.78 is 0. The van der Waals surface area contributed by atoms with Crippen LogP contribution in [0.1, 0.15) is 33.1 Å². The van der Waals surface area contributed by atoms with Crippen LogP contribution in [-0.4, -0.2) is 0 Å². The first-order valence-corrected chi connectivity index (χ1v) is 4.51. The molecule has 1 unspecified atom stereocenters. The van der Waals surface area contributed by atoms with Gasteiger partial charge in [0.05, 0.1) is 0 Å². The zero-order chi connectivity index (χ0) is 7.84. The van der Waals surface area contributed by atoms with E-state index in [1.807, 2.05) is 0 Å². The van der Waals surface area contributed by atoms with Crippen LogP contribution in [0.4, 0.5) is 0 Å². The topological polar surface area (TPSA) is 0 Å². The zero-order valence-electron chi connectivity index (χ0n) is 7.35. The van der Waals surface area contributed by atoms with E-state index in [-0.39, 0.29) is 0 Å².